The lowest BCUT2D eigenvalue weighted by Gasteiger charge is -2.40. The van der Waals surface area contributed by atoms with Crippen LogP contribution in [0.4, 0.5) is 0 Å². The quantitative estimate of drug-likeness (QED) is 0.140. The van der Waals surface area contributed by atoms with E-state index < -0.39 is 108 Å². The minimum absolute atomic E-state index is 0.101. The van der Waals surface area contributed by atoms with Crippen molar-refractivity contribution in [2.75, 3.05) is 19.8 Å². The molecule has 0 saturated carbocycles. The van der Waals surface area contributed by atoms with Crippen LogP contribution in [0.25, 0.3) is 22.3 Å². The van der Waals surface area contributed by atoms with Gasteiger partial charge in [0.1, 0.15) is 70.5 Å². The summed E-state index contributed by atoms with van der Waals surface area (Å²) in [7, 11) is 0. The first-order valence-electron chi connectivity index (χ1n) is 12.4. The number of hydrogen-bond donors (Lipinski definition) is 10. The van der Waals surface area contributed by atoms with Crippen molar-refractivity contribution in [3.05, 3.63) is 46.1 Å². The molecule has 3 heterocycles. The molecule has 8 atom stereocenters. The van der Waals surface area contributed by atoms with Crippen LogP contribution in [-0.2, 0) is 9.47 Å². The fourth-order valence-electron chi connectivity index (χ4n) is 4.85. The Hall–Kier alpha value is -3.51. The van der Waals surface area contributed by atoms with Crippen LogP contribution in [0.15, 0.2) is 39.5 Å². The van der Waals surface area contributed by atoms with Crippen molar-refractivity contribution in [2.24, 2.45) is 0 Å². The summed E-state index contributed by atoms with van der Waals surface area (Å²) in [5, 5.41) is 102. The Bertz CT molecular complexity index is 1500. The van der Waals surface area contributed by atoms with Gasteiger partial charge in [-0.15, -0.1) is 0 Å². The van der Waals surface area contributed by atoms with Gasteiger partial charge in [-0.2, -0.15) is 0 Å². The summed E-state index contributed by atoms with van der Waals surface area (Å²) in [6.07, 6.45) is -12.1. The molecule has 41 heavy (non-hydrogen) atoms. The lowest BCUT2D eigenvalue weighted by molar-refractivity contribution is -0.232. The van der Waals surface area contributed by atoms with Gasteiger partial charge in [0.2, 0.25) is 6.29 Å². The van der Waals surface area contributed by atoms with E-state index in [0.717, 1.165) is 24.3 Å². The van der Waals surface area contributed by atoms with Crippen molar-refractivity contribution in [1.82, 2.24) is 0 Å². The van der Waals surface area contributed by atoms with Crippen LogP contribution in [-0.4, -0.2) is 113 Å². The third kappa shape index (κ3) is 4.86. The first-order chi connectivity index (χ1) is 19.4. The third-order valence-corrected chi connectivity index (χ3v) is 7.25. The molecule has 1 aromatic heterocycles. The van der Waals surface area contributed by atoms with E-state index in [1.54, 1.807) is 0 Å². The molecule has 0 radical (unpaired) electrons. The molecule has 4 unspecified atom stereocenters. The van der Waals surface area contributed by atoms with Crippen LogP contribution in [0.2, 0.25) is 0 Å². The zero-order chi connectivity index (χ0) is 29.8. The number of benzene rings is 2. The van der Waals surface area contributed by atoms with E-state index in [1.165, 1.54) is 6.07 Å². The Kier molecular flexibility index (Phi) is 7.58. The van der Waals surface area contributed by atoms with Gasteiger partial charge in [-0.3, -0.25) is 4.79 Å². The summed E-state index contributed by atoms with van der Waals surface area (Å²) >= 11 is 0. The van der Waals surface area contributed by atoms with Crippen molar-refractivity contribution < 1.29 is 69.7 Å². The standard InChI is InChI=1S/C26H28O15/c27-6-16-19(32)21(34)22(35)23(40-16)18-15(41-25-24(36)26(37,7-28)8-38-25)5-14-17(20(18)33)12(31)4-13(39-14)9-1-2-10(29)11(30)3-9/h1-5,16,19,21-25,27-30,32-37H,6-8H2/t16?,19-,21+,22?,23+,24?,25+,26?/m1/s1. The molecule has 5 rings (SSSR count). The van der Waals surface area contributed by atoms with Crippen molar-refractivity contribution in [3.8, 4) is 34.3 Å². The first-order valence-corrected chi connectivity index (χ1v) is 12.4. The van der Waals surface area contributed by atoms with Crippen molar-refractivity contribution in [3.63, 3.8) is 0 Å². The molecule has 15 nitrogen and oxygen atoms in total. The van der Waals surface area contributed by atoms with Crippen molar-refractivity contribution >= 4 is 11.0 Å². The zero-order valence-corrected chi connectivity index (χ0v) is 21.1. The lowest BCUT2D eigenvalue weighted by atomic mass is 9.89. The van der Waals surface area contributed by atoms with Crippen LogP contribution in [0, 0.1) is 0 Å². The largest absolute Gasteiger partial charge is 0.506 e. The lowest BCUT2D eigenvalue weighted by Crippen LogP contribution is -2.55. The van der Waals surface area contributed by atoms with Gasteiger partial charge in [0.25, 0.3) is 0 Å². The second-order valence-electron chi connectivity index (χ2n) is 9.94. The maximum Gasteiger partial charge on any atom is 0.229 e. The first kappa shape index (κ1) is 29.0. The predicted molar refractivity (Wildman–Crippen MR) is 134 cm³/mol. The average Bonchev–Trinajstić information content (AvgIpc) is 3.23. The number of aliphatic hydroxyl groups is 7. The van der Waals surface area contributed by atoms with Crippen LogP contribution >= 0.6 is 0 Å². The molecule has 2 fully saturated rings. The number of aromatic hydroxyl groups is 3. The number of phenols is 3. The molecule has 3 aromatic rings. The highest BCUT2D eigenvalue weighted by Crippen LogP contribution is 2.46. The van der Waals surface area contributed by atoms with Gasteiger partial charge in [-0.05, 0) is 18.2 Å². The summed E-state index contributed by atoms with van der Waals surface area (Å²) in [5.41, 5.74) is -3.50. The van der Waals surface area contributed by atoms with Crippen LogP contribution in [0.3, 0.4) is 0 Å². The fourth-order valence-corrected chi connectivity index (χ4v) is 4.85. The molecule has 10 N–H and O–H groups in total. The summed E-state index contributed by atoms with van der Waals surface area (Å²) in [6, 6.07) is 5.68. The SMILES string of the molecule is O=c1cc(-c2ccc(O)c(O)c2)oc2cc(O[C@@H]3OCC(O)(CO)C3O)c([C@@H]3OC(CO)[C@@H](O)[C@H](O)C3O)c(O)c12. The number of hydrogen-bond acceptors (Lipinski definition) is 15. The van der Waals surface area contributed by atoms with E-state index in [9.17, 15) is 55.9 Å². The van der Waals surface area contributed by atoms with Gasteiger partial charge < -0.3 is 69.7 Å². The topological polar surface area (TPSA) is 260 Å². The second kappa shape index (κ2) is 10.7. The van der Waals surface area contributed by atoms with Gasteiger partial charge in [0.05, 0.1) is 25.4 Å². The molecule has 0 aliphatic carbocycles. The Balaban J connectivity index is 1.69. The molecule has 0 bridgehead atoms. The number of rotatable bonds is 6. The maximum atomic E-state index is 13.2. The summed E-state index contributed by atoms with van der Waals surface area (Å²) < 4.78 is 22.4. The highest BCUT2D eigenvalue weighted by molar-refractivity contribution is 5.88. The second-order valence-corrected chi connectivity index (χ2v) is 9.94. The van der Waals surface area contributed by atoms with Gasteiger partial charge in [-0.1, -0.05) is 0 Å². The smallest absolute Gasteiger partial charge is 0.229 e. The predicted octanol–water partition coefficient (Wildman–Crippen LogP) is -2.09. The van der Waals surface area contributed by atoms with E-state index >= 15 is 0 Å². The number of ether oxygens (including phenoxy) is 3. The van der Waals surface area contributed by atoms with Crippen LogP contribution in [0.5, 0.6) is 23.0 Å². The molecule has 2 aliphatic heterocycles. The number of aliphatic hydroxyl groups excluding tert-OH is 6. The molecule has 2 saturated heterocycles. The summed E-state index contributed by atoms with van der Waals surface area (Å²) in [5.74, 6) is -2.30. The number of phenolic OH excluding ortho intramolecular Hbond substituents is 3. The monoisotopic (exact) mass is 580 g/mol. The van der Waals surface area contributed by atoms with E-state index in [1.807, 2.05) is 0 Å². The molecule has 222 valence electrons. The van der Waals surface area contributed by atoms with Crippen molar-refractivity contribution in [2.45, 2.75) is 48.5 Å². The van der Waals surface area contributed by atoms with Gasteiger partial charge in [0.15, 0.2) is 16.9 Å². The third-order valence-electron chi connectivity index (χ3n) is 7.25. The molecular formula is C26H28O15. The average molecular weight is 580 g/mol. The molecule has 0 amide bonds. The summed E-state index contributed by atoms with van der Waals surface area (Å²) in [6.45, 7) is -2.24. The van der Waals surface area contributed by atoms with E-state index in [0.29, 0.717) is 0 Å². The Morgan fingerprint density at radius 1 is 0.951 bits per heavy atom. The Morgan fingerprint density at radius 3 is 2.32 bits per heavy atom. The Labute approximate surface area is 229 Å². The Morgan fingerprint density at radius 2 is 1.68 bits per heavy atom. The highest BCUT2D eigenvalue weighted by Gasteiger charge is 2.51. The summed E-state index contributed by atoms with van der Waals surface area (Å²) in [4.78, 5) is 13.2. The van der Waals surface area contributed by atoms with Gasteiger partial charge in [-0.25, -0.2) is 0 Å². The maximum absolute atomic E-state index is 13.2. The minimum atomic E-state index is -2.10. The van der Waals surface area contributed by atoms with Gasteiger partial charge >= 0.3 is 0 Å². The number of fused-ring (bicyclic) bond motifs is 1. The molecule has 2 aliphatic rings. The minimum Gasteiger partial charge on any atom is -0.506 e. The molecule has 15 heteroatoms. The van der Waals surface area contributed by atoms with Crippen LogP contribution < -0.4 is 10.2 Å². The highest BCUT2D eigenvalue weighted by atomic mass is 16.7. The van der Waals surface area contributed by atoms with E-state index in [4.69, 9.17) is 18.6 Å². The normalized spacial score (nSPS) is 31.9. The molecule has 2 aromatic carbocycles. The van der Waals surface area contributed by atoms with E-state index in [-0.39, 0.29) is 16.9 Å². The fraction of sp³-hybridized carbons (Fsp3) is 0.423. The zero-order valence-electron chi connectivity index (χ0n) is 21.1. The van der Waals surface area contributed by atoms with E-state index in [2.05, 4.69) is 0 Å². The molecule has 0 spiro atoms. The van der Waals surface area contributed by atoms with Crippen molar-refractivity contribution in [1.29, 1.82) is 0 Å². The molecular weight excluding hydrogens is 552 g/mol. The van der Waals surface area contributed by atoms with Crippen LogP contribution in [0.1, 0.15) is 11.7 Å². The van der Waals surface area contributed by atoms with Gasteiger partial charge in [0, 0.05) is 17.7 Å².